The van der Waals surface area contributed by atoms with Crippen LogP contribution in [0.1, 0.15) is 23.1 Å². The first-order valence-corrected chi connectivity index (χ1v) is 6.89. The van der Waals surface area contributed by atoms with Crippen molar-refractivity contribution in [2.24, 2.45) is 0 Å². The summed E-state index contributed by atoms with van der Waals surface area (Å²) in [5.74, 6) is 0. The molecule has 1 aliphatic carbocycles. The minimum Gasteiger partial charge on any atom is -0.456 e. The molecule has 0 aliphatic heterocycles. The molecule has 2 heteroatoms. The van der Waals surface area contributed by atoms with Gasteiger partial charge in [0.2, 0.25) is 5.43 Å². The van der Waals surface area contributed by atoms with E-state index in [1.807, 2.05) is 31.2 Å². The molecule has 1 aromatic heterocycles. The Bertz CT molecular complexity index is 929. The number of hydrogen-bond acceptors (Lipinski definition) is 2. The van der Waals surface area contributed by atoms with Crippen molar-refractivity contribution in [1.29, 1.82) is 0 Å². The molecule has 3 aromatic rings. The monoisotopic (exact) mass is 262 g/mol. The second-order valence-electron chi connectivity index (χ2n) is 5.38. The fourth-order valence-corrected chi connectivity index (χ4v) is 2.97. The summed E-state index contributed by atoms with van der Waals surface area (Å²) < 4.78 is 5.94. The van der Waals surface area contributed by atoms with Crippen molar-refractivity contribution in [2.45, 2.75) is 19.8 Å². The van der Waals surface area contributed by atoms with E-state index in [9.17, 15) is 4.79 Å². The standard InChI is InChI=1S/C18H14O2/c1-11-6-8-14-16(10-11)20-15-9-7-12-4-2-3-5-13(12)17(15)18(14)19/h3,5-10H,2,4H2,1H3. The third kappa shape index (κ3) is 1.54. The first kappa shape index (κ1) is 11.5. The van der Waals surface area contributed by atoms with Crippen LogP contribution in [0.3, 0.4) is 0 Å². The van der Waals surface area contributed by atoms with Gasteiger partial charge < -0.3 is 4.42 Å². The number of aryl methyl sites for hydroxylation is 2. The smallest absolute Gasteiger partial charge is 0.201 e. The van der Waals surface area contributed by atoms with Crippen LogP contribution in [0.15, 0.2) is 45.6 Å². The highest BCUT2D eigenvalue weighted by Gasteiger charge is 2.14. The minimum absolute atomic E-state index is 0.0738. The van der Waals surface area contributed by atoms with E-state index in [2.05, 4.69) is 18.2 Å². The summed E-state index contributed by atoms with van der Waals surface area (Å²) in [5, 5.41) is 1.38. The van der Waals surface area contributed by atoms with Gasteiger partial charge in [-0.1, -0.05) is 24.3 Å². The summed E-state index contributed by atoms with van der Waals surface area (Å²) in [6, 6.07) is 9.74. The molecular formula is C18H14O2. The van der Waals surface area contributed by atoms with Gasteiger partial charge in [0.05, 0.1) is 10.8 Å². The van der Waals surface area contributed by atoms with Crippen molar-refractivity contribution in [3.63, 3.8) is 0 Å². The van der Waals surface area contributed by atoms with E-state index in [-0.39, 0.29) is 5.43 Å². The third-order valence-electron chi connectivity index (χ3n) is 3.99. The van der Waals surface area contributed by atoms with E-state index in [4.69, 9.17) is 4.42 Å². The highest BCUT2D eigenvalue weighted by Crippen LogP contribution is 2.28. The summed E-state index contributed by atoms with van der Waals surface area (Å²) in [7, 11) is 0. The first-order chi connectivity index (χ1) is 9.74. The van der Waals surface area contributed by atoms with Gasteiger partial charge in [0.15, 0.2) is 0 Å². The van der Waals surface area contributed by atoms with E-state index < -0.39 is 0 Å². The third-order valence-corrected chi connectivity index (χ3v) is 3.99. The Balaban J connectivity index is 2.23. The number of rotatable bonds is 0. The molecule has 20 heavy (non-hydrogen) atoms. The highest BCUT2D eigenvalue weighted by molar-refractivity contribution is 5.95. The van der Waals surface area contributed by atoms with Gasteiger partial charge in [0.1, 0.15) is 11.2 Å². The molecule has 2 aromatic carbocycles. The minimum atomic E-state index is 0.0738. The molecule has 0 saturated carbocycles. The Morgan fingerprint density at radius 3 is 2.90 bits per heavy atom. The van der Waals surface area contributed by atoms with Gasteiger partial charge in [0, 0.05) is 0 Å². The van der Waals surface area contributed by atoms with Crippen molar-refractivity contribution in [3.8, 4) is 0 Å². The molecule has 0 atom stereocenters. The second-order valence-corrected chi connectivity index (χ2v) is 5.38. The zero-order valence-electron chi connectivity index (χ0n) is 11.3. The molecule has 0 bridgehead atoms. The van der Waals surface area contributed by atoms with Gasteiger partial charge in [-0.15, -0.1) is 0 Å². The Kier molecular flexibility index (Phi) is 2.34. The molecule has 0 fully saturated rings. The molecule has 0 N–H and O–H groups in total. The molecule has 98 valence electrons. The summed E-state index contributed by atoms with van der Waals surface area (Å²) in [6.45, 7) is 2.00. The Labute approximate surface area is 116 Å². The van der Waals surface area contributed by atoms with Crippen LogP contribution in [-0.4, -0.2) is 0 Å². The van der Waals surface area contributed by atoms with Gasteiger partial charge >= 0.3 is 0 Å². The van der Waals surface area contributed by atoms with Gasteiger partial charge in [-0.25, -0.2) is 0 Å². The average Bonchev–Trinajstić information content (AvgIpc) is 2.46. The van der Waals surface area contributed by atoms with Crippen molar-refractivity contribution < 1.29 is 4.42 Å². The molecule has 0 amide bonds. The molecule has 0 unspecified atom stereocenters. The lowest BCUT2D eigenvalue weighted by atomic mass is 9.93. The van der Waals surface area contributed by atoms with E-state index in [1.54, 1.807) is 0 Å². The average molecular weight is 262 g/mol. The molecule has 0 spiro atoms. The molecule has 4 rings (SSSR count). The number of allylic oxidation sites excluding steroid dienone is 1. The first-order valence-electron chi connectivity index (χ1n) is 6.89. The van der Waals surface area contributed by atoms with Crippen LogP contribution in [0.25, 0.3) is 28.0 Å². The summed E-state index contributed by atoms with van der Waals surface area (Å²) in [5.41, 5.74) is 4.78. The van der Waals surface area contributed by atoms with Crippen molar-refractivity contribution >= 4 is 28.0 Å². The van der Waals surface area contributed by atoms with Crippen LogP contribution in [0.2, 0.25) is 0 Å². The fourth-order valence-electron chi connectivity index (χ4n) is 2.97. The van der Waals surface area contributed by atoms with Gasteiger partial charge in [0.25, 0.3) is 0 Å². The zero-order valence-corrected chi connectivity index (χ0v) is 11.3. The second kappa shape index (κ2) is 4.07. The van der Waals surface area contributed by atoms with Gasteiger partial charge in [-0.05, 0) is 54.7 Å². The lowest BCUT2D eigenvalue weighted by Gasteiger charge is -2.12. The Morgan fingerprint density at radius 2 is 2.00 bits per heavy atom. The number of hydrogen-bond donors (Lipinski definition) is 0. The van der Waals surface area contributed by atoms with Crippen molar-refractivity contribution in [2.75, 3.05) is 0 Å². The summed E-state index contributed by atoms with van der Waals surface area (Å²) in [4.78, 5) is 12.8. The molecule has 1 aliphatic rings. The molecule has 0 saturated heterocycles. The number of benzene rings is 2. The topological polar surface area (TPSA) is 30.2 Å². The zero-order chi connectivity index (χ0) is 13.7. The quantitative estimate of drug-likeness (QED) is 0.568. The van der Waals surface area contributed by atoms with E-state index >= 15 is 0 Å². The maximum Gasteiger partial charge on any atom is 0.201 e. The molecule has 1 heterocycles. The van der Waals surface area contributed by atoms with Crippen molar-refractivity contribution in [1.82, 2.24) is 0 Å². The predicted molar refractivity (Wildman–Crippen MR) is 82.1 cm³/mol. The fraction of sp³-hybridized carbons (Fsp3) is 0.167. The highest BCUT2D eigenvalue weighted by atomic mass is 16.3. The molecular weight excluding hydrogens is 248 g/mol. The van der Waals surface area contributed by atoms with E-state index in [1.165, 1.54) is 5.56 Å². The van der Waals surface area contributed by atoms with Crippen LogP contribution in [0.5, 0.6) is 0 Å². The van der Waals surface area contributed by atoms with E-state index in [0.717, 1.165) is 29.4 Å². The normalized spacial score (nSPS) is 13.8. The van der Waals surface area contributed by atoms with Crippen LogP contribution in [-0.2, 0) is 6.42 Å². The maximum absolute atomic E-state index is 12.8. The van der Waals surface area contributed by atoms with Crippen LogP contribution in [0, 0.1) is 6.92 Å². The van der Waals surface area contributed by atoms with Gasteiger partial charge in [-0.3, -0.25) is 4.79 Å². The number of fused-ring (bicyclic) bond motifs is 4. The van der Waals surface area contributed by atoms with Gasteiger partial charge in [-0.2, -0.15) is 0 Å². The summed E-state index contributed by atoms with van der Waals surface area (Å²) >= 11 is 0. The Morgan fingerprint density at radius 1 is 1.10 bits per heavy atom. The SMILES string of the molecule is Cc1ccc2c(=O)c3c4c(ccc3oc2c1)CCC=C4. The predicted octanol–water partition coefficient (Wildman–Crippen LogP) is 4.21. The largest absolute Gasteiger partial charge is 0.456 e. The van der Waals surface area contributed by atoms with Crippen LogP contribution >= 0.6 is 0 Å². The lowest BCUT2D eigenvalue weighted by Crippen LogP contribution is -2.07. The molecule has 2 nitrogen and oxygen atoms in total. The van der Waals surface area contributed by atoms with Crippen molar-refractivity contribution in [3.05, 3.63) is 63.3 Å². The maximum atomic E-state index is 12.8. The summed E-state index contributed by atoms with van der Waals surface area (Å²) in [6.07, 6.45) is 6.21. The van der Waals surface area contributed by atoms with Crippen LogP contribution < -0.4 is 5.43 Å². The van der Waals surface area contributed by atoms with Crippen LogP contribution in [0.4, 0.5) is 0 Å². The lowest BCUT2D eigenvalue weighted by molar-refractivity contribution is 0.659. The van der Waals surface area contributed by atoms with E-state index in [0.29, 0.717) is 16.6 Å². The Hall–Kier alpha value is -2.35. The molecule has 0 radical (unpaired) electrons.